The second-order valence-electron chi connectivity index (χ2n) is 4.14. The molecule has 0 aliphatic heterocycles. The minimum absolute atomic E-state index is 0.168. The van der Waals surface area contributed by atoms with Crippen LogP contribution in [0.4, 0.5) is 14.5 Å². The highest BCUT2D eigenvalue weighted by Gasteiger charge is 2.19. The van der Waals surface area contributed by atoms with Crippen LogP contribution in [0.3, 0.4) is 0 Å². The van der Waals surface area contributed by atoms with Gasteiger partial charge in [-0.3, -0.25) is 0 Å². The molecule has 0 amide bonds. The first-order valence-electron chi connectivity index (χ1n) is 5.85. The monoisotopic (exact) mass is 278 g/mol. The van der Waals surface area contributed by atoms with E-state index in [1.807, 2.05) is 13.0 Å². The van der Waals surface area contributed by atoms with Gasteiger partial charge in [-0.1, -0.05) is 13.3 Å². The second kappa shape index (κ2) is 5.37. The van der Waals surface area contributed by atoms with E-state index in [-0.39, 0.29) is 5.56 Å². The van der Waals surface area contributed by atoms with E-state index < -0.39 is 11.6 Å². The van der Waals surface area contributed by atoms with Gasteiger partial charge in [0.25, 0.3) is 0 Å². The lowest BCUT2D eigenvalue weighted by molar-refractivity contribution is 0.603. The van der Waals surface area contributed by atoms with E-state index in [1.54, 1.807) is 0 Å². The molecular weight excluding hydrogens is 266 g/mol. The molecule has 1 aromatic carbocycles. The van der Waals surface area contributed by atoms with Gasteiger partial charge in [0.05, 0.1) is 5.69 Å². The summed E-state index contributed by atoms with van der Waals surface area (Å²) in [6.45, 7) is 1.97. The van der Waals surface area contributed by atoms with Crippen molar-refractivity contribution in [2.75, 3.05) is 5.73 Å². The first kappa shape index (κ1) is 13.5. The Labute approximate surface area is 114 Å². The molecule has 1 aromatic heterocycles. The summed E-state index contributed by atoms with van der Waals surface area (Å²) in [5.74, 6) is -1.02. The quantitative estimate of drug-likeness (QED) is 0.918. The van der Waals surface area contributed by atoms with Crippen LogP contribution in [-0.2, 0) is 6.42 Å². The number of nitrogens with two attached hydrogens (primary N) is 1. The van der Waals surface area contributed by atoms with Crippen LogP contribution in [0.2, 0.25) is 0 Å². The highest BCUT2D eigenvalue weighted by atomic mass is 32.1. The van der Waals surface area contributed by atoms with E-state index in [2.05, 4.69) is 0 Å². The van der Waals surface area contributed by atoms with Crippen molar-refractivity contribution in [2.45, 2.75) is 19.8 Å². The summed E-state index contributed by atoms with van der Waals surface area (Å²) in [6, 6.07) is 5.29. The lowest BCUT2D eigenvalue weighted by Gasteiger charge is -2.05. The average Bonchev–Trinajstić information content (AvgIpc) is 2.70. The molecule has 0 atom stereocenters. The summed E-state index contributed by atoms with van der Waals surface area (Å²) in [5, 5.41) is 9.01. The topological polar surface area (TPSA) is 49.8 Å². The molecule has 2 N–H and O–H groups in total. The van der Waals surface area contributed by atoms with Crippen LogP contribution < -0.4 is 5.73 Å². The van der Waals surface area contributed by atoms with Crippen LogP contribution in [0.5, 0.6) is 0 Å². The third-order valence-electron chi connectivity index (χ3n) is 2.82. The fourth-order valence-electron chi connectivity index (χ4n) is 1.95. The van der Waals surface area contributed by atoms with E-state index in [9.17, 15) is 8.78 Å². The van der Waals surface area contributed by atoms with Crippen molar-refractivity contribution in [1.29, 1.82) is 5.26 Å². The maximum atomic E-state index is 13.8. The summed E-state index contributed by atoms with van der Waals surface area (Å²) in [7, 11) is 0. The summed E-state index contributed by atoms with van der Waals surface area (Å²) < 4.78 is 27.1. The number of hydrogen-bond acceptors (Lipinski definition) is 3. The zero-order chi connectivity index (χ0) is 14.0. The minimum atomic E-state index is -0.510. The van der Waals surface area contributed by atoms with Gasteiger partial charge in [0.15, 0.2) is 0 Å². The molecule has 0 radical (unpaired) electrons. The van der Waals surface area contributed by atoms with E-state index in [0.717, 1.165) is 41.5 Å². The number of benzene rings is 1. The van der Waals surface area contributed by atoms with Crippen LogP contribution in [0, 0.1) is 23.0 Å². The van der Waals surface area contributed by atoms with Crippen molar-refractivity contribution in [2.24, 2.45) is 0 Å². The first-order chi connectivity index (χ1) is 9.08. The highest BCUT2D eigenvalue weighted by molar-refractivity contribution is 7.16. The van der Waals surface area contributed by atoms with Gasteiger partial charge in [-0.15, -0.1) is 11.3 Å². The molecule has 19 heavy (non-hydrogen) atoms. The molecule has 0 aliphatic carbocycles. The fraction of sp³-hybridized carbons (Fsp3) is 0.214. The largest absolute Gasteiger partial charge is 0.397 e. The summed E-state index contributed by atoms with van der Waals surface area (Å²) in [5.41, 5.74) is 7.18. The molecule has 0 fully saturated rings. The fourth-order valence-corrected chi connectivity index (χ4v) is 3.03. The minimum Gasteiger partial charge on any atom is -0.397 e. The predicted molar refractivity (Wildman–Crippen MR) is 72.8 cm³/mol. The van der Waals surface area contributed by atoms with Crippen LogP contribution >= 0.6 is 11.3 Å². The summed E-state index contributed by atoms with van der Waals surface area (Å²) in [6.07, 6.45) is 1.45. The first-order valence-corrected chi connectivity index (χ1v) is 6.66. The highest BCUT2D eigenvalue weighted by Crippen LogP contribution is 2.40. The normalized spacial score (nSPS) is 10.4. The number of anilines is 1. The van der Waals surface area contributed by atoms with Crippen molar-refractivity contribution in [3.63, 3.8) is 0 Å². The van der Waals surface area contributed by atoms with Gasteiger partial charge in [-0.2, -0.15) is 5.26 Å². The van der Waals surface area contributed by atoms with Crippen LogP contribution in [-0.4, -0.2) is 0 Å². The molecule has 2 aromatic rings. The number of hydrogen-bond donors (Lipinski definition) is 1. The number of nitrogens with zero attached hydrogens (tertiary/aromatic N) is 1. The van der Waals surface area contributed by atoms with E-state index >= 15 is 0 Å². The molecule has 0 saturated carbocycles. The lowest BCUT2D eigenvalue weighted by Crippen LogP contribution is -1.94. The van der Waals surface area contributed by atoms with Crippen molar-refractivity contribution >= 4 is 17.0 Å². The SMILES string of the molecule is CCCc1c(-c2cc(F)ccc2F)sc(C#N)c1N. The molecule has 5 heteroatoms. The Balaban J connectivity index is 2.67. The van der Waals surface area contributed by atoms with Gasteiger partial charge in [-0.25, -0.2) is 8.78 Å². The Hall–Kier alpha value is -1.93. The smallest absolute Gasteiger partial charge is 0.132 e. The van der Waals surface area contributed by atoms with E-state index in [4.69, 9.17) is 11.0 Å². The molecule has 0 spiro atoms. The van der Waals surface area contributed by atoms with Crippen molar-refractivity contribution in [3.05, 3.63) is 40.3 Å². The van der Waals surface area contributed by atoms with Gasteiger partial charge in [-0.05, 0) is 30.2 Å². The van der Waals surface area contributed by atoms with Gasteiger partial charge >= 0.3 is 0 Å². The van der Waals surface area contributed by atoms with Crippen molar-refractivity contribution < 1.29 is 8.78 Å². The third kappa shape index (κ3) is 2.45. The molecule has 98 valence electrons. The zero-order valence-electron chi connectivity index (χ0n) is 10.3. The van der Waals surface area contributed by atoms with E-state index in [1.165, 1.54) is 0 Å². The summed E-state index contributed by atoms with van der Waals surface area (Å²) in [4.78, 5) is 0.898. The van der Waals surface area contributed by atoms with Crippen molar-refractivity contribution in [3.8, 4) is 16.5 Å². The number of thiophene rings is 1. The Bertz CT molecular complexity index is 656. The maximum absolute atomic E-state index is 13.8. The molecule has 0 saturated heterocycles. The van der Waals surface area contributed by atoms with Crippen LogP contribution in [0.15, 0.2) is 18.2 Å². The van der Waals surface area contributed by atoms with Crippen LogP contribution in [0.1, 0.15) is 23.8 Å². The third-order valence-corrected chi connectivity index (χ3v) is 4.01. The van der Waals surface area contributed by atoms with Crippen LogP contribution in [0.25, 0.3) is 10.4 Å². The number of nitrogen functional groups attached to an aromatic ring is 1. The average molecular weight is 278 g/mol. The molecule has 2 nitrogen and oxygen atoms in total. The molecule has 0 unspecified atom stereocenters. The maximum Gasteiger partial charge on any atom is 0.132 e. The Morgan fingerprint density at radius 1 is 1.37 bits per heavy atom. The molecule has 0 aliphatic rings. The summed E-state index contributed by atoms with van der Waals surface area (Å²) >= 11 is 1.11. The Morgan fingerprint density at radius 3 is 2.74 bits per heavy atom. The molecule has 1 heterocycles. The Morgan fingerprint density at radius 2 is 2.11 bits per heavy atom. The van der Waals surface area contributed by atoms with Gasteiger partial charge in [0.1, 0.15) is 22.6 Å². The molecule has 2 rings (SSSR count). The van der Waals surface area contributed by atoms with Crippen molar-refractivity contribution in [1.82, 2.24) is 0 Å². The number of halogens is 2. The second-order valence-corrected chi connectivity index (χ2v) is 5.16. The number of rotatable bonds is 3. The molecular formula is C14H12F2N2S. The lowest BCUT2D eigenvalue weighted by atomic mass is 10.0. The molecule has 0 bridgehead atoms. The van der Waals surface area contributed by atoms with E-state index in [0.29, 0.717) is 21.9 Å². The number of nitriles is 1. The predicted octanol–water partition coefficient (Wildman–Crippen LogP) is 4.10. The standard InChI is InChI=1S/C14H12F2N2S/c1-2-3-9-13(18)12(7-17)19-14(9)10-6-8(15)4-5-11(10)16/h4-6H,2-3,18H2,1H3. The zero-order valence-corrected chi connectivity index (χ0v) is 11.2. The Kier molecular flexibility index (Phi) is 3.82. The van der Waals surface area contributed by atoms with Gasteiger partial charge < -0.3 is 5.73 Å². The van der Waals surface area contributed by atoms with Gasteiger partial charge in [0.2, 0.25) is 0 Å². The van der Waals surface area contributed by atoms with Gasteiger partial charge in [0, 0.05) is 10.4 Å².